The van der Waals surface area contributed by atoms with E-state index in [0.29, 0.717) is 13.1 Å². The van der Waals surface area contributed by atoms with Gasteiger partial charge in [0.2, 0.25) is 0 Å². The highest BCUT2D eigenvalue weighted by atomic mass is 16.4. The Morgan fingerprint density at radius 3 is 1.07 bits per heavy atom. The van der Waals surface area contributed by atoms with Crippen molar-refractivity contribution in [3.63, 3.8) is 0 Å². The Morgan fingerprint density at radius 1 is 0.724 bits per heavy atom. The molecule has 0 amide bonds. The lowest BCUT2D eigenvalue weighted by Gasteiger charge is -2.07. The Morgan fingerprint density at radius 2 is 0.931 bits per heavy atom. The highest BCUT2D eigenvalue weighted by Crippen LogP contribution is 1.69. The molecule has 1 unspecified atom stereocenters. The largest absolute Gasteiger partial charge is 0.481 e. The van der Waals surface area contributed by atoms with Gasteiger partial charge in [0, 0.05) is 60.3 Å². The summed E-state index contributed by atoms with van der Waals surface area (Å²) in [5.74, 6) is -4.17. The number of hydrogen-bond donors (Lipinski definition) is 9. The van der Waals surface area contributed by atoms with Crippen LogP contribution in [0.2, 0.25) is 0 Å². The number of rotatable bonds is 5. The molecular formula is C15H35N3O11. The molecule has 0 aliphatic heterocycles. The molecule has 0 aliphatic carbocycles. The molecule has 11 N–H and O–H groups in total. The van der Waals surface area contributed by atoms with Crippen LogP contribution < -0.4 is 16.8 Å². The molecule has 0 saturated heterocycles. The smallest absolute Gasteiger partial charge is 0.300 e. The molecule has 0 rings (SSSR count). The summed E-state index contributed by atoms with van der Waals surface area (Å²) in [6, 6.07) is -0.156. The first-order chi connectivity index (χ1) is 13.0. The zero-order valence-electron chi connectivity index (χ0n) is 17.3. The van der Waals surface area contributed by atoms with Crippen molar-refractivity contribution in [1.29, 1.82) is 0 Å². The summed E-state index contributed by atoms with van der Waals surface area (Å²) >= 11 is 0. The first-order valence-electron chi connectivity index (χ1n) is 7.72. The van der Waals surface area contributed by atoms with E-state index in [2.05, 4.69) is 5.32 Å². The van der Waals surface area contributed by atoms with E-state index in [0.717, 1.165) is 41.2 Å². The van der Waals surface area contributed by atoms with Gasteiger partial charge in [-0.05, 0) is 0 Å². The van der Waals surface area contributed by atoms with Gasteiger partial charge in [0.1, 0.15) is 0 Å². The molecule has 0 aromatic rings. The van der Waals surface area contributed by atoms with Crippen LogP contribution in [0.5, 0.6) is 0 Å². The van der Waals surface area contributed by atoms with Crippen LogP contribution in [-0.2, 0) is 24.0 Å². The van der Waals surface area contributed by atoms with Crippen molar-refractivity contribution in [2.45, 2.75) is 40.7 Å². The van der Waals surface area contributed by atoms with Crippen LogP contribution in [0.15, 0.2) is 0 Å². The van der Waals surface area contributed by atoms with Gasteiger partial charge >= 0.3 is 0 Å². The molecule has 1 atom stereocenters. The van der Waals surface area contributed by atoms with Crippen LogP contribution in [0, 0.1) is 0 Å². The minimum Gasteiger partial charge on any atom is -0.481 e. The third kappa shape index (κ3) is 772. The van der Waals surface area contributed by atoms with Crippen LogP contribution in [0.1, 0.15) is 34.6 Å². The van der Waals surface area contributed by atoms with Gasteiger partial charge in [-0.25, -0.2) is 0 Å². The first kappa shape index (κ1) is 40.8. The third-order valence-electron chi connectivity index (χ3n) is 0.962. The number of carboxylic acid groups (broad SMARTS) is 5. The maximum atomic E-state index is 9.00. The normalized spacial score (nSPS) is 8.55. The van der Waals surface area contributed by atoms with Crippen molar-refractivity contribution in [3.8, 4) is 0 Å². The summed E-state index contributed by atoms with van der Waals surface area (Å²) in [5.41, 5.74) is 10.6. The summed E-state index contributed by atoms with van der Waals surface area (Å²) in [5, 5.41) is 48.5. The maximum absolute atomic E-state index is 9.00. The molecule has 14 nitrogen and oxygen atoms in total. The standard InChI is InChI=1S/C5H15N3O.5C2H4O2/c6-1-2-8-3-5(7)4-9;5*1-2(3)4/h5,8-9H,1-4,6-7H2;5*1H3,(H,3,4). The van der Waals surface area contributed by atoms with Crippen molar-refractivity contribution in [3.05, 3.63) is 0 Å². The number of hydrogen-bond acceptors (Lipinski definition) is 9. The van der Waals surface area contributed by atoms with Crippen LogP contribution in [0.25, 0.3) is 0 Å². The van der Waals surface area contributed by atoms with E-state index >= 15 is 0 Å². The van der Waals surface area contributed by atoms with Gasteiger partial charge in [0.15, 0.2) is 0 Å². The Bertz CT molecular complexity index is 329. The molecule has 14 heteroatoms. The predicted octanol–water partition coefficient (Wildman–Crippen LogP) is -1.69. The first-order valence-corrected chi connectivity index (χ1v) is 7.72. The van der Waals surface area contributed by atoms with Crippen LogP contribution >= 0.6 is 0 Å². The summed E-state index contributed by atoms with van der Waals surface area (Å²) in [4.78, 5) is 45.0. The van der Waals surface area contributed by atoms with Gasteiger partial charge in [-0.2, -0.15) is 0 Å². The maximum Gasteiger partial charge on any atom is 0.300 e. The molecule has 0 heterocycles. The van der Waals surface area contributed by atoms with Crippen molar-refractivity contribution in [2.24, 2.45) is 11.5 Å². The second kappa shape index (κ2) is 36.2. The quantitative estimate of drug-likeness (QED) is 0.219. The average molecular weight is 433 g/mol. The lowest BCUT2D eigenvalue weighted by molar-refractivity contribution is -0.135. The molecule has 0 radical (unpaired) electrons. The predicted molar refractivity (Wildman–Crippen MR) is 104 cm³/mol. The van der Waals surface area contributed by atoms with Crippen molar-refractivity contribution in [2.75, 3.05) is 26.2 Å². The third-order valence-corrected chi connectivity index (χ3v) is 0.962. The molecule has 0 spiro atoms. The number of carboxylic acids is 5. The zero-order chi connectivity index (χ0) is 25.0. The highest BCUT2D eigenvalue weighted by Gasteiger charge is 1.96. The van der Waals surface area contributed by atoms with Crippen LogP contribution in [-0.4, -0.2) is 92.8 Å². The van der Waals surface area contributed by atoms with E-state index in [4.69, 9.17) is 66.1 Å². The Hall–Kier alpha value is -2.81. The monoisotopic (exact) mass is 433 g/mol. The van der Waals surface area contributed by atoms with Crippen molar-refractivity contribution < 1.29 is 54.6 Å². The second-order valence-corrected chi connectivity index (χ2v) is 4.53. The number of aliphatic hydroxyl groups excluding tert-OH is 1. The molecule has 0 fully saturated rings. The van der Waals surface area contributed by atoms with Gasteiger partial charge in [-0.15, -0.1) is 0 Å². The summed E-state index contributed by atoms with van der Waals surface area (Å²) in [6.45, 7) is 7.44. The van der Waals surface area contributed by atoms with Gasteiger partial charge in [-0.3, -0.25) is 24.0 Å². The molecule has 0 aliphatic rings. The average Bonchev–Trinajstić information content (AvgIpc) is 2.44. The minimum atomic E-state index is -0.833. The van der Waals surface area contributed by atoms with Gasteiger partial charge < -0.3 is 47.4 Å². The minimum absolute atomic E-state index is 0.0254. The summed E-state index contributed by atoms with van der Waals surface area (Å²) < 4.78 is 0. The van der Waals surface area contributed by atoms with Crippen molar-refractivity contribution in [1.82, 2.24) is 5.32 Å². The fourth-order valence-electron chi connectivity index (χ4n) is 0.454. The van der Waals surface area contributed by atoms with E-state index in [1.54, 1.807) is 0 Å². The molecular weight excluding hydrogens is 398 g/mol. The van der Waals surface area contributed by atoms with Gasteiger partial charge in [0.05, 0.1) is 6.61 Å². The molecule has 176 valence electrons. The van der Waals surface area contributed by atoms with Gasteiger partial charge in [0.25, 0.3) is 29.8 Å². The summed E-state index contributed by atoms with van der Waals surface area (Å²) in [7, 11) is 0. The van der Waals surface area contributed by atoms with E-state index in [9.17, 15) is 0 Å². The molecule has 0 saturated carbocycles. The lowest BCUT2D eigenvalue weighted by atomic mass is 10.3. The zero-order valence-corrected chi connectivity index (χ0v) is 17.3. The SMILES string of the molecule is CC(=O)O.CC(=O)O.CC(=O)O.CC(=O)O.CC(=O)O.NCCNCC(N)CO. The number of aliphatic hydroxyl groups is 1. The highest BCUT2D eigenvalue weighted by molar-refractivity contribution is 5.63. The number of carbonyl (C=O) groups is 5. The number of nitrogens with one attached hydrogen (secondary N) is 1. The topological polar surface area (TPSA) is 271 Å². The Kier molecular flexibility index (Phi) is 50.8. The molecule has 0 aromatic carbocycles. The van der Waals surface area contributed by atoms with Gasteiger partial charge in [-0.1, -0.05) is 0 Å². The van der Waals surface area contributed by atoms with E-state index < -0.39 is 29.8 Å². The fraction of sp³-hybridized carbons (Fsp3) is 0.667. The molecule has 0 aromatic heterocycles. The van der Waals surface area contributed by atoms with E-state index in [1.165, 1.54) is 0 Å². The Balaban J connectivity index is -0.0000000575. The Labute approximate surface area is 169 Å². The number of aliphatic carboxylic acids is 5. The van der Waals surface area contributed by atoms with Crippen molar-refractivity contribution >= 4 is 29.8 Å². The fourth-order valence-corrected chi connectivity index (χ4v) is 0.454. The number of nitrogens with two attached hydrogens (primary N) is 2. The second-order valence-electron chi connectivity index (χ2n) is 4.53. The van der Waals surface area contributed by atoms with Crippen LogP contribution in [0.3, 0.4) is 0 Å². The molecule has 0 bridgehead atoms. The molecule has 29 heavy (non-hydrogen) atoms. The van der Waals surface area contributed by atoms with Crippen LogP contribution in [0.4, 0.5) is 0 Å². The van der Waals surface area contributed by atoms with E-state index in [1.807, 2.05) is 0 Å². The lowest BCUT2D eigenvalue weighted by Crippen LogP contribution is -2.38. The summed E-state index contributed by atoms with van der Waals surface area (Å²) in [6.07, 6.45) is 0. The van der Waals surface area contributed by atoms with E-state index in [-0.39, 0.29) is 12.6 Å².